The number of amides is 1. The maximum Gasteiger partial charge on any atom is 0.271 e. The molecule has 0 aliphatic carbocycles. The van der Waals surface area contributed by atoms with E-state index in [0.717, 1.165) is 37.7 Å². The summed E-state index contributed by atoms with van der Waals surface area (Å²) in [7, 11) is -3.65. The Balaban J connectivity index is 1.94. The van der Waals surface area contributed by atoms with Crippen molar-refractivity contribution in [1.29, 1.82) is 0 Å². The molecule has 1 aromatic rings. The number of nitrogens with one attached hydrogen (secondary N) is 1. The Morgan fingerprint density at radius 3 is 2.62 bits per heavy atom. The normalized spacial score (nSPS) is 23.8. The van der Waals surface area contributed by atoms with Crippen molar-refractivity contribution in [3.63, 3.8) is 0 Å². The van der Waals surface area contributed by atoms with E-state index in [9.17, 15) is 23.3 Å². The Labute approximate surface area is 139 Å². The Bertz CT molecular complexity index is 792. The molecule has 1 aromatic carbocycles. The molecule has 3 rings (SSSR count). The Morgan fingerprint density at radius 2 is 1.96 bits per heavy atom. The Hall–Kier alpha value is -2.00. The first-order chi connectivity index (χ1) is 11.2. The number of carbonyl (C=O) groups excluding carboxylic acids is 1. The largest absolute Gasteiger partial charge is 0.337 e. The number of nitrogens with zero attached hydrogens (tertiary/aromatic N) is 2. The van der Waals surface area contributed by atoms with E-state index in [1.54, 1.807) is 4.90 Å². The van der Waals surface area contributed by atoms with Gasteiger partial charge in [-0.2, -0.15) is 0 Å². The maximum atomic E-state index is 12.8. The van der Waals surface area contributed by atoms with Crippen molar-refractivity contribution in [1.82, 2.24) is 10.2 Å². The van der Waals surface area contributed by atoms with Crippen LogP contribution in [0.3, 0.4) is 0 Å². The molecular weight excluding hydrogens is 334 g/mol. The summed E-state index contributed by atoms with van der Waals surface area (Å²) in [5, 5.41) is 14.5. The van der Waals surface area contributed by atoms with Crippen molar-refractivity contribution in [3.8, 4) is 0 Å². The number of non-ortho nitro benzene ring substituents is 1. The van der Waals surface area contributed by atoms with E-state index in [0.29, 0.717) is 19.1 Å². The zero-order valence-corrected chi connectivity index (χ0v) is 14.1. The standard InChI is InChI=1S/C15H19N3O5S/c1-24(22,23)14-7-10(6-13(8-14)18(20)21)15(19)17-5-4-11-2-3-12(9-17)16-11/h6-8,11-12,16H,2-5,9H2,1H3. The average molecular weight is 353 g/mol. The van der Waals surface area contributed by atoms with Crippen LogP contribution < -0.4 is 5.32 Å². The molecule has 1 amide bonds. The lowest BCUT2D eigenvalue weighted by Gasteiger charge is -2.24. The second-order valence-corrected chi connectivity index (χ2v) is 8.44. The van der Waals surface area contributed by atoms with E-state index in [4.69, 9.17) is 0 Å². The van der Waals surface area contributed by atoms with E-state index < -0.39 is 20.4 Å². The number of nitro groups is 1. The molecule has 2 bridgehead atoms. The summed E-state index contributed by atoms with van der Waals surface area (Å²) in [5.74, 6) is -0.363. The molecule has 0 spiro atoms. The highest BCUT2D eigenvalue weighted by molar-refractivity contribution is 7.90. The van der Waals surface area contributed by atoms with E-state index >= 15 is 0 Å². The SMILES string of the molecule is CS(=O)(=O)c1cc(C(=O)N2CCC3CCC(C2)N3)cc([N+](=O)[O-])c1. The van der Waals surface area contributed by atoms with Gasteiger partial charge in [-0.05, 0) is 25.3 Å². The molecule has 2 atom stereocenters. The number of hydrogen-bond acceptors (Lipinski definition) is 6. The van der Waals surface area contributed by atoms with Crippen molar-refractivity contribution >= 4 is 21.4 Å². The third-order valence-corrected chi connectivity index (χ3v) is 5.68. The van der Waals surface area contributed by atoms with E-state index in [2.05, 4.69) is 5.32 Å². The van der Waals surface area contributed by atoms with Gasteiger partial charge in [0.05, 0.1) is 9.82 Å². The maximum absolute atomic E-state index is 12.8. The summed E-state index contributed by atoms with van der Waals surface area (Å²) in [6.45, 7) is 1.09. The van der Waals surface area contributed by atoms with Gasteiger partial charge in [0.25, 0.3) is 11.6 Å². The summed E-state index contributed by atoms with van der Waals surface area (Å²) >= 11 is 0. The van der Waals surface area contributed by atoms with Gasteiger partial charge < -0.3 is 10.2 Å². The lowest BCUT2D eigenvalue weighted by atomic mass is 10.1. The number of likely N-dealkylation sites (tertiary alicyclic amines) is 1. The number of rotatable bonds is 3. The average Bonchev–Trinajstić information content (AvgIpc) is 2.84. The van der Waals surface area contributed by atoms with Gasteiger partial charge in [0, 0.05) is 49.1 Å². The zero-order chi connectivity index (χ0) is 17.5. The van der Waals surface area contributed by atoms with Crippen molar-refractivity contribution < 1.29 is 18.1 Å². The number of carbonyl (C=O) groups is 1. The molecule has 2 aliphatic heterocycles. The minimum absolute atomic E-state index is 0.0439. The predicted octanol–water partition coefficient (Wildman–Crippen LogP) is 0.965. The summed E-state index contributed by atoms with van der Waals surface area (Å²) in [6.07, 6.45) is 3.89. The van der Waals surface area contributed by atoms with E-state index in [1.165, 1.54) is 6.07 Å². The first-order valence-corrected chi connectivity index (χ1v) is 9.68. The third kappa shape index (κ3) is 3.41. The first kappa shape index (κ1) is 16.8. The Morgan fingerprint density at radius 1 is 1.25 bits per heavy atom. The van der Waals surface area contributed by atoms with Crippen LogP contribution in [0.4, 0.5) is 5.69 Å². The molecule has 1 N–H and O–H groups in total. The highest BCUT2D eigenvalue weighted by Gasteiger charge is 2.32. The minimum atomic E-state index is -3.65. The van der Waals surface area contributed by atoms with Crippen LogP contribution in [0.1, 0.15) is 29.6 Å². The molecule has 2 unspecified atom stereocenters. The van der Waals surface area contributed by atoms with Gasteiger partial charge in [0.15, 0.2) is 9.84 Å². The summed E-state index contributed by atoms with van der Waals surface area (Å²) in [4.78, 5) is 24.6. The van der Waals surface area contributed by atoms with Crippen LogP contribution in [0.15, 0.2) is 23.1 Å². The van der Waals surface area contributed by atoms with Crippen molar-refractivity contribution in [2.45, 2.75) is 36.2 Å². The molecule has 0 aromatic heterocycles. The monoisotopic (exact) mass is 353 g/mol. The molecule has 2 saturated heterocycles. The predicted molar refractivity (Wildman–Crippen MR) is 86.7 cm³/mol. The van der Waals surface area contributed by atoms with Crippen molar-refractivity contribution in [2.75, 3.05) is 19.3 Å². The van der Waals surface area contributed by atoms with Crippen molar-refractivity contribution in [2.24, 2.45) is 0 Å². The zero-order valence-electron chi connectivity index (χ0n) is 13.3. The van der Waals surface area contributed by atoms with Crippen LogP contribution >= 0.6 is 0 Å². The van der Waals surface area contributed by atoms with Gasteiger partial charge in [-0.3, -0.25) is 14.9 Å². The van der Waals surface area contributed by atoms with E-state index in [1.807, 2.05) is 0 Å². The highest BCUT2D eigenvalue weighted by Crippen LogP contribution is 2.25. The summed E-state index contributed by atoms with van der Waals surface area (Å²) < 4.78 is 23.5. The fourth-order valence-corrected chi connectivity index (χ4v) is 4.01. The van der Waals surface area contributed by atoms with E-state index in [-0.39, 0.29) is 22.4 Å². The minimum Gasteiger partial charge on any atom is -0.337 e. The lowest BCUT2D eigenvalue weighted by Crippen LogP contribution is -2.39. The second kappa shape index (κ2) is 6.14. The molecule has 2 heterocycles. The molecule has 2 fully saturated rings. The number of hydrogen-bond donors (Lipinski definition) is 1. The van der Waals surface area contributed by atoms with Crippen LogP contribution in [0.25, 0.3) is 0 Å². The number of benzene rings is 1. The van der Waals surface area contributed by atoms with Gasteiger partial charge in [0.1, 0.15) is 0 Å². The van der Waals surface area contributed by atoms with Gasteiger partial charge in [-0.1, -0.05) is 0 Å². The summed E-state index contributed by atoms with van der Waals surface area (Å²) in [6, 6.07) is 3.99. The van der Waals surface area contributed by atoms with Gasteiger partial charge >= 0.3 is 0 Å². The molecule has 130 valence electrons. The smallest absolute Gasteiger partial charge is 0.271 e. The first-order valence-electron chi connectivity index (χ1n) is 7.79. The fourth-order valence-electron chi connectivity index (χ4n) is 3.34. The Kier molecular flexibility index (Phi) is 4.31. The number of sulfone groups is 1. The molecule has 24 heavy (non-hydrogen) atoms. The van der Waals surface area contributed by atoms with Crippen LogP contribution in [-0.4, -0.2) is 55.6 Å². The quantitative estimate of drug-likeness (QED) is 0.640. The molecular formula is C15H19N3O5S. The van der Waals surface area contributed by atoms with Crippen LogP contribution in [0, 0.1) is 10.1 Å². The molecule has 0 saturated carbocycles. The van der Waals surface area contributed by atoms with Crippen LogP contribution in [-0.2, 0) is 9.84 Å². The molecule has 2 aliphatic rings. The number of nitro benzene ring substituents is 1. The topological polar surface area (TPSA) is 110 Å². The van der Waals surface area contributed by atoms with Gasteiger partial charge in [-0.25, -0.2) is 8.42 Å². The fraction of sp³-hybridized carbons (Fsp3) is 0.533. The highest BCUT2D eigenvalue weighted by atomic mass is 32.2. The van der Waals surface area contributed by atoms with Crippen molar-refractivity contribution in [3.05, 3.63) is 33.9 Å². The van der Waals surface area contributed by atoms with Crippen LogP contribution in [0.2, 0.25) is 0 Å². The van der Waals surface area contributed by atoms with Gasteiger partial charge in [0.2, 0.25) is 0 Å². The summed E-state index contributed by atoms with van der Waals surface area (Å²) in [5.41, 5.74) is -0.349. The molecule has 0 radical (unpaired) electrons. The lowest BCUT2D eigenvalue weighted by molar-refractivity contribution is -0.385. The molecule has 8 nitrogen and oxygen atoms in total. The third-order valence-electron chi connectivity index (χ3n) is 4.59. The second-order valence-electron chi connectivity index (χ2n) is 6.42. The van der Waals surface area contributed by atoms with Crippen LogP contribution in [0.5, 0.6) is 0 Å². The molecule has 9 heteroatoms. The number of fused-ring (bicyclic) bond motifs is 2. The van der Waals surface area contributed by atoms with Gasteiger partial charge in [-0.15, -0.1) is 0 Å².